The molecular formula is C11H10BrFN2O. The van der Waals surface area contributed by atoms with Gasteiger partial charge in [-0.25, -0.2) is 4.39 Å². The van der Waals surface area contributed by atoms with Gasteiger partial charge in [-0.1, -0.05) is 6.07 Å². The number of benzene rings is 1. The van der Waals surface area contributed by atoms with Gasteiger partial charge in [0, 0.05) is 6.54 Å². The molecule has 1 amide bonds. The lowest BCUT2D eigenvalue weighted by molar-refractivity contribution is 0.0779. The molecule has 0 heterocycles. The molecule has 0 aliphatic heterocycles. The Morgan fingerprint density at radius 1 is 1.62 bits per heavy atom. The van der Waals surface area contributed by atoms with Gasteiger partial charge in [0.15, 0.2) is 0 Å². The summed E-state index contributed by atoms with van der Waals surface area (Å²) in [6.07, 6.45) is 0. The van der Waals surface area contributed by atoms with E-state index in [1.807, 2.05) is 6.07 Å². The summed E-state index contributed by atoms with van der Waals surface area (Å²) in [5.74, 6) is -1.06. The van der Waals surface area contributed by atoms with Crippen LogP contribution in [0.25, 0.3) is 0 Å². The second kappa shape index (κ2) is 5.61. The van der Waals surface area contributed by atoms with Gasteiger partial charge >= 0.3 is 0 Å². The predicted octanol–water partition coefficient (Wildman–Crippen LogP) is 2.57. The lowest BCUT2D eigenvalue weighted by Crippen LogP contribution is -2.31. The van der Waals surface area contributed by atoms with Gasteiger partial charge in [0.1, 0.15) is 12.4 Å². The molecule has 0 aromatic heterocycles. The maximum Gasteiger partial charge on any atom is 0.257 e. The quantitative estimate of drug-likeness (QED) is 0.801. The average molecular weight is 285 g/mol. The van der Waals surface area contributed by atoms with Crippen molar-refractivity contribution in [3.63, 3.8) is 0 Å². The molecule has 1 aromatic carbocycles. The maximum atomic E-state index is 13.6. The zero-order valence-electron chi connectivity index (χ0n) is 8.70. The van der Waals surface area contributed by atoms with Crippen LogP contribution in [0.2, 0.25) is 0 Å². The van der Waals surface area contributed by atoms with E-state index in [0.717, 1.165) is 0 Å². The van der Waals surface area contributed by atoms with Gasteiger partial charge in [0.05, 0.1) is 16.1 Å². The minimum absolute atomic E-state index is 0.0218. The second-order valence-electron chi connectivity index (χ2n) is 3.08. The number of rotatable bonds is 3. The van der Waals surface area contributed by atoms with Gasteiger partial charge < -0.3 is 4.90 Å². The van der Waals surface area contributed by atoms with Crippen molar-refractivity contribution in [1.82, 2.24) is 4.90 Å². The summed E-state index contributed by atoms with van der Waals surface area (Å²) in [6.45, 7) is 2.07. The van der Waals surface area contributed by atoms with Crippen LogP contribution in [0.5, 0.6) is 0 Å². The first kappa shape index (κ1) is 12.7. The second-order valence-corrected chi connectivity index (χ2v) is 3.93. The lowest BCUT2D eigenvalue weighted by atomic mass is 10.2. The topological polar surface area (TPSA) is 44.1 Å². The van der Waals surface area contributed by atoms with Crippen LogP contribution in [0.1, 0.15) is 17.3 Å². The van der Waals surface area contributed by atoms with E-state index in [4.69, 9.17) is 5.26 Å². The number of hydrogen-bond donors (Lipinski definition) is 0. The summed E-state index contributed by atoms with van der Waals surface area (Å²) in [6, 6.07) is 6.38. The number of carbonyl (C=O) groups is 1. The molecule has 0 aliphatic rings. The summed E-state index contributed by atoms with van der Waals surface area (Å²) >= 11 is 3.01. The Bertz CT molecular complexity index is 442. The zero-order chi connectivity index (χ0) is 12.1. The van der Waals surface area contributed by atoms with E-state index in [1.54, 1.807) is 13.0 Å². The summed E-state index contributed by atoms with van der Waals surface area (Å²) in [4.78, 5) is 13.1. The van der Waals surface area contributed by atoms with E-state index in [9.17, 15) is 9.18 Å². The van der Waals surface area contributed by atoms with Crippen molar-refractivity contribution in [2.24, 2.45) is 0 Å². The van der Waals surface area contributed by atoms with Crippen LogP contribution in [0.3, 0.4) is 0 Å². The van der Waals surface area contributed by atoms with Gasteiger partial charge in [-0.05, 0) is 35.0 Å². The van der Waals surface area contributed by atoms with E-state index < -0.39 is 11.7 Å². The van der Waals surface area contributed by atoms with Crippen molar-refractivity contribution in [3.05, 3.63) is 34.1 Å². The standard InChI is InChI=1S/C11H10BrFN2O/c1-2-15(7-6-14)11(16)8-4-3-5-9(12)10(8)13/h3-5H,2,7H2,1H3. The zero-order valence-corrected chi connectivity index (χ0v) is 10.3. The van der Waals surface area contributed by atoms with Crippen LogP contribution in [-0.4, -0.2) is 23.9 Å². The molecule has 1 rings (SSSR count). The monoisotopic (exact) mass is 284 g/mol. The van der Waals surface area contributed by atoms with Gasteiger partial charge in [-0.2, -0.15) is 5.26 Å². The first-order chi connectivity index (χ1) is 7.61. The number of nitrogens with zero attached hydrogens (tertiary/aromatic N) is 2. The third kappa shape index (κ3) is 2.58. The minimum Gasteiger partial charge on any atom is -0.326 e. The third-order valence-electron chi connectivity index (χ3n) is 2.11. The summed E-state index contributed by atoms with van der Waals surface area (Å²) in [5.41, 5.74) is -0.0218. The molecular weight excluding hydrogens is 275 g/mol. The number of amides is 1. The molecule has 84 valence electrons. The van der Waals surface area contributed by atoms with Crippen molar-refractivity contribution >= 4 is 21.8 Å². The Hall–Kier alpha value is -1.41. The molecule has 0 spiro atoms. The largest absolute Gasteiger partial charge is 0.326 e. The number of halogens is 2. The molecule has 0 radical (unpaired) electrons. The number of nitriles is 1. The number of carbonyl (C=O) groups excluding carboxylic acids is 1. The Balaban J connectivity index is 3.05. The summed E-state index contributed by atoms with van der Waals surface area (Å²) < 4.78 is 13.9. The van der Waals surface area contributed by atoms with Crippen LogP contribution < -0.4 is 0 Å². The van der Waals surface area contributed by atoms with Crippen molar-refractivity contribution in [2.75, 3.05) is 13.1 Å². The minimum atomic E-state index is -0.594. The summed E-state index contributed by atoms with van der Waals surface area (Å²) in [7, 11) is 0. The lowest BCUT2D eigenvalue weighted by Gasteiger charge is -2.17. The highest BCUT2D eigenvalue weighted by Gasteiger charge is 2.18. The molecule has 0 N–H and O–H groups in total. The van der Waals surface area contributed by atoms with Crippen molar-refractivity contribution < 1.29 is 9.18 Å². The van der Waals surface area contributed by atoms with Crippen LogP contribution in [-0.2, 0) is 0 Å². The Labute approximate surface area is 102 Å². The molecule has 1 aromatic rings. The Morgan fingerprint density at radius 3 is 2.88 bits per heavy atom. The maximum absolute atomic E-state index is 13.6. The fourth-order valence-corrected chi connectivity index (χ4v) is 1.62. The smallest absolute Gasteiger partial charge is 0.257 e. The van der Waals surface area contributed by atoms with Gasteiger partial charge in [0.25, 0.3) is 5.91 Å². The highest BCUT2D eigenvalue weighted by Crippen LogP contribution is 2.19. The molecule has 0 atom stereocenters. The fourth-order valence-electron chi connectivity index (χ4n) is 1.25. The van der Waals surface area contributed by atoms with Crippen LogP contribution in [0, 0.1) is 17.1 Å². The van der Waals surface area contributed by atoms with Crippen molar-refractivity contribution in [2.45, 2.75) is 6.92 Å². The van der Waals surface area contributed by atoms with E-state index in [2.05, 4.69) is 15.9 Å². The molecule has 0 bridgehead atoms. The molecule has 0 saturated carbocycles. The first-order valence-electron chi connectivity index (χ1n) is 4.72. The van der Waals surface area contributed by atoms with Gasteiger partial charge in [-0.3, -0.25) is 4.79 Å². The molecule has 5 heteroatoms. The van der Waals surface area contributed by atoms with Crippen LogP contribution in [0.4, 0.5) is 4.39 Å². The predicted molar refractivity (Wildman–Crippen MR) is 61.3 cm³/mol. The molecule has 0 aliphatic carbocycles. The average Bonchev–Trinajstić information content (AvgIpc) is 2.29. The first-order valence-corrected chi connectivity index (χ1v) is 5.51. The van der Waals surface area contributed by atoms with E-state index >= 15 is 0 Å². The number of hydrogen-bond acceptors (Lipinski definition) is 2. The van der Waals surface area contributed by atoms with Crippen LogP contribution >= 0.6 is 15.9 Å². The molecule has 0 fully saturated rings. The van der Waals surface area contributed by atoms with E-state index in [0.29, 0.717) is 6.54 Å². The Kier molecular flexibility index (Phi) is 4.44. The highest BCUT2D eigenvalue weighted by atomic mass is 79.9. The fraction of sp³-hybridized carbons (Fsp3) is 0.273. The third-order valence-corrected chi connectivity index (χ3v) is 2.72. The highest BCUT2D eigenvalue weighted by molar-refractivity contribution is 9.10. The Morgan fingerprint density at radius 2 is 2.31 bits per heavy atom. The molecule has 16 heavy (non-hydrogen) atoms. The molecule has 0 unspecified atom stereocenters. The van der Waals surface area contributed by atoms with Crippen molar-refractivity contribution in [1.29, 1.82) is 5.26 Å². The van der Waals surface area contributed by atoms with E-state index in [1.165, 1.54) is 17.0 Å². The van der Waals surface area contributed by atoms with E-state index in [-0.39, 0.29) is 16.6 Å². The van der Waals surface area contributed by atoms with Crippen molar-refractivity contribution in [3.8, 4) is 6.07 Å². The van der Waals surface area contributed by atoms with Crippen LogP contribution in [0.15, 0.2) is 22.7 Å². The molecule has 3 nitrogen and oxygen atoms in total. The SMILES string of the molecule is CCN(CC#N)C(=O)c1cccc(Br)c1F. The van der Waals surface area contributed by atoms with Gasteiger partial charge in [0.2, 0.25) is 0 Å². The summed E-state index contributed by atoms with van der Waals surface area (Å²) in [5, 5.41) is 8.54. The van der Waals surface area contributed by atoms with Gasteiger partial charge in [-0.15, -0.1) is 0 Å². The normalized spacial score (nSPS) is 9.62. The molecule has 0 saturated heterocycles.